The maximum atomic E-state index is 12.8. The second kappa shape index (κ2) is 10.6. The number of carbonyl (C=O) groups is 2. The number of piperazine rings is 1. The molecular formula is C20H31ClN4O2. The number of rotatable bonds is 5. The largest absolute Gasteiger partial charge is 0.339 e. The van der Waals surface area contributed by atoms with Crippen molar-refractivity contribution in [2.24, 2.45) is 0 Å². The normalized spacial score (nSPS) is 21.5. The first-order valence-electron chi connectivity index (χ1n) is 9.71. The quantitative estimate of drug-likeness (QED) is 0.819. The van der Waals surface area contributed by atoms with E-state index in [2.05, 4.69) is 29.3 Å². The highest BCUT2D eigenvalue weighted by Crippen LogP contribution is 2.18. The third-order valence-corrected chi connectivity index (χ3v) is 5.38. The Labute approximate surface area is 168 Å². The van der Waals surface area contributed by atoms with Crippen LogP contribution in [0.25, 0.3) is 0 Å². The molecule has 0 aromatic heterocycles. The van der Waals surface area contributed by atoms with E-state index in [-0.39, 0.29) is 30.3 Å². The lowest BCUT2D eigenvalue weighted by Crippen LogP contribution is -2.50. The second-order valence-electron chi connectivity index (χ2n) is 7.19. The molecule has 1 N–H and O–H groups in total. The van der Waals surface area contributed by atoms with Crippen molar-refractivity contribution in [3.63, 3.8) is 0 Å². The lowest BCUT2D eigenvalue weighted by Gasteiger charge is -2.33. The van der Waals surface area contributed by atoms with E-state index in [9.17, 15) is 9.59 Å². The van der Waals surface area contributed by atoms with E-state index in [4.69, 9.17) is 0 Å². The van der Waals surface area contributed by atoms with Crippen molar-refractivity contribution in [3.05, 3.63) is 35.9 Å². The summed E-state index contributed by atoms with van der Waals surface area (Å²) in [6.45, 7) is 8.06. The fourth-order valence-corrected chi connectivity index (χ4v) is 3.76. The Bertz CT molecular complexity index is 607. The first kappa shape index (κ1) is 21.7. The zero-order valence-corrected chi connectivity index (χ0v) is 16.9. The maximum Gasteiger partial charge on any atom is 0.236 e. The van der Waals surface area contributed by atoms with Gasteiger partial charge >= 0.3 is 0 Å². The number of carbonyl (C=O) groups excluding carboxylic acids is 2. The number of halogens is 1. The number of nitrogens with zero attached hydrogens (tertiary/aromatic N) is 3. The molecule has 2 fully saturated rings. The summed E-state index contributed by atoms with van der Waals surface area (Å²) in [5.74, 6) is 0.304. The van der Waals surface area contributed by atoms with Gasteiger partial charge in [-0.2, -0.15) is 0 Å². The monoisotopic (exact) mass is 394 g/mol. The molecule has 1 aromatic carbocycles. The predicted octanol–water partition coefficient (Wildman–Crippen LogP) is 1.35. The SMILES string of the molecule is CCC1CN(C(=O)CN2CCNCC2)CCC(=O)N1Cc1ccccc1.Cl. The molecule has 3 rings (SSSR count). The summed E-state index contributed by atoms with van der Waals surface area (Å²) in [5, 5.41) is 3.31. The second-order valence-corrected chi connectivity index (χ2v) is 7.19. The third-order valence-electron chi connectivity index (χ3n) is 5.38. The molecule has 1 aromatic rings. The molecule has 1 atom stereocenters. The van der Waals surface area contributed by atoms with Gasteiger partial charge in [-0.3, -0.25) is 14.5 Å². The average molecular weight is 395 g/mol. The van der Waals surface area contributed by atoms with Gasteiger partial charge in [0.15, 0.2) is 0 Å². The molecule has 0 bridgehead atoms. The molecule has 0 radical (unpaired) electrons. The number of nitrogens with one attached hydrogen (secondary N) is 1. The Hall–Kier alpha value is -1.63. The predicted molar refractivity (Wildman–Crippen MR) is 109 cm³/mol. The van der Waals surface area contributed by atoms with Gasteiger partial charge in [-0.1, -0.05) is 37.3 Å². The lowest BCUT2D eigenvalue weighted by atomic mass is 10.1. The summed E-state index contributed by atoms with van der Waals surface area (Å²) in [7, 11) is 0. The molecule has 27 heavy (non-hydrogen) atoms. The van der Waals surface area contributed by atoms with Crippen molar-refractivity contribution in [1.82, 2.24) is 20.0 Å². The van der Waals surface area contributed by atoms with Crippen molar-refractivity contribution in [2.45, 2.75) is 32.4 Å². The Kier molecular flexibility index (Phi) is 8.54. The zero-order chi connectivity index (χ0) is 18.4. The molecule has 2 aliphatic rings. The van der Waals surface area contributed by atoms with Gasteiger partial charge in [-0.15, -0.1) is 12.4 Å². The number of hydrogen-bond donors (Lipinski definition) is 1. The van der Waals surface area contributed by atoms with Crippen LogP contribution in [0.2, 0.25) is 0 Å². The molecule has 7 heteroatoms. The van der Waals surface area contributed by atoms with E-state index in [0.29, 0.717) is 32.6 Å². The molecule has 0 aliphatic carbocycles. The summed E-state index contributed by atoms with van der Waals surface area (Å²) >= 11 is 0. The Morgan fingerprint density at radius 2 is 1.85 bits per heavy atom. The number of benzene rings is 1. The van der Waals surface area contributed by atoms with Gasteiger partial charge in [0.1, 0.15) is 0 Å². The minimum atomic E-state index is 0. The zero-order valence-electron chi connectivity index (χ0n) is 16.1. The number of amides is 2. The van der Waals surface area contributed by atoms with Crippen LogP contribution in [-0.4, -0.2) is 78.4 Å². The van der Waals surface area contributed by atoms with Crippen LogP contribution in [0.5, 0.6) is 0 Å². The number of hydrogen-bond acceptors (Lipinski definition) is 4. The topological polar surface area (TPSA) is 55.9 Å². The van der Waals surface area contributed by atoms with Gasteiger partial charge in [-0.25, -0.2) is 0 Å². The molecule has 1 unspecified atom stereocenters. The highest BCUT2D eigenvalue weighted by Gasteiger charge is 2.31. The van der Waals surface area contributed by atoms with Crippen LogP contribution in [0.15, 0.2) is 30.3 Å². The summed E-state index contributed by atoms with van der Waals surface area (Å²) < 4.78 is 0. The molecular weight excluding hydrogens is 364 g/mol. The molecule has 150 valence electrons. The minimum Gasteiger partial charge on any atom is -0.339 e. The standard InChI is InChI=1S/C20H30N4O2.ClH/c1-2-18-15-23(20(26)16-22-12-9-21-10-13-22)11-8-19(25)24(18)14-17-6-4-3-5-7-17;/h3-7,18,21H,2,8-16H2,1H3;1H. The fraction of sp³-hybridized carbons (Fsp3) is 0.600. The Morgan fingerprint density at radius 1 is 1.15 bits per heavy atom. The van der Waals surface area contributed by atoms with Gasteiger partial charge in [0.05, 0.1) is 6.54 Å². The van der Waals surface area contributed by atoms with Crippen LogP contribution < -0.4 is 5.32 Å². The molecule has 2 saturated heterocycles. The van der Waals surface area contributed by atoms with Crippen LogP contribution in [0.3, 0.4) is 0 Å². The van der Waals surface area contributed by atoms with Crippen molar-refractivity contribution >= 4 is 24.2 Å². The molecule has 2 aliphatic heterocycles. The lowest BCUT2D eigenvalue weighted by molar-refractivity contribution is -0.134. The average Bonchev–Trinajstić information content (AvgIpc) is 2.83. The first-order valence-corrected chi connectivity index (χ1v) is 9.71. The van der Waals surface area contributed by atoms with Crippen LogP contribution in [0.4, 0.5) is 0 Å². The van der Waals surface area contributed by atoms with Crippen LogP contribution >= 0.6 is 12.4 Å². The maximum absolute atomic E-state index is 12.8. The van der Waals surface area contributed by atoms with Gasteiger partial charge in [0.25, 0.3) is 0 Å². The fourth-order valence-electron chi connectivity index (χ4n) is 3.76. The highest BCUT2D eigenvalue weighted by molar-refractivity contribution is 5.85. The third kappa shape index (κ3) is 5.92. The van der Waals surface area contributed by atoms with E-state index in [1.165, 1.54) is 0 Å². The van der Waals surface area contributed by atoms with Gasteiger partial charge < -0.3 is 15.1 Å². The molecule has 6 nitrogen and oxygen atoms in total. The van der Waals surface area contributed by atoms with Gasteiger partial charge in [-0.05, 0) is 12.0 Å². The van der Waals surface area contributed by atoms with Gasteiger partial charge in [0, 0.05) is 58.3 Å². The van der Waals surface area contributed by atoms with Crippen molar-refractivity contribution in [2.75, 3.05) is 45.8 Å². The molecule has 0 saturated carbocycles. The van der Waals surface area contributed by atoms with E-state index in [1.54, 1.807) is 0 Å². The molecule has 2 heterocycles. The van der Waals surface area contributed by atoms with E-state index >= 15 is 0 Å². The van der Waals surface area contributed by atoms with Crippen molar-refractivity contribution in [1.29, 1.82) is 0 Å². The van der Waals surface area contributed by atoms with E-state index in [1.807, 2.05) is 28.0 Å². The molecule has 2 amide bonds. The minimum absolute atomic E-state index is 0. The van der Waals surface area contributed by atoms with E-state index < -0.39 is 0 Å². The Balaban J connectivity index is 0.00000261. The summed E-state index contributed by atoms with van der Waals surface area (Å²) in [6, 6.07) is 10.2. The van der Waals surface area contributed by atoms with Gasteiger partial charge in [0.2, 0.25) is 11.8 Å². The first-order chi connectivity index (χ1) is 12.7. The molecule has 0 spiro atoms. The van der Waals surface area contributed by atoms with Crippen LogP contribution in [-0.2, 0) is 16.1 Å². The van der Waals surface area contributed by atoms with Crippen molar-refractivity contribution in [3.8, 4) is 0 Å². The summed E-state index contributed by atoms with van der Waals surface area (Å²) in [5.41, 5.74) is 1.14. The summed E-state index contributed by atoms with van der Waals surface area (Å²) in [4.78, 5) is 31.6. The van der Waals surface area contributed by atoms with Crippen LogP contribution in [0, 0.1) is 0 Å². The summed E-state index contributed by atoms with van der Waals surface area (Å²) in [6.07, 6.45) is 1.27. The Morgan fingerprint density at radius 3 is 2.52 bits per heavy atom. The van der Waals surface area contributed by atoms with Crippen molar-refractivity contribution < 1.29 is 9.59 Å². The highest BCUT2D eigenvalue weighted by atomic mass is 35.5. The van der Waals surface area contributed by atoms with Crippen LogP contribution in [0.1, 0.15) is 25.3 Å². The van der Waals surface area contributed by atoms with E-state index in [0.717, 1.165) is 38.2 Å². The smallest absolute Gasteiger partial charge is 0.236 e.